The molecule has 2 N–H and O–H groups in total. The van der Waals surface area contributed by atoms with Crippen LogP contribution in [0.3, 0.4) is 0 Å². The third kappa shape index (κ3) is 4.55. The molecular weight excluding hydrogens is 379 g/mol. The molecule has 3 amide bonds. The number of nitrogens with zero attached hydrogens (tertiary/aromatic N) is 3. The molecule has 1 spiro atoms. The van der Waals surface area contributed by atoms with E-state index in [4.69, 9.17) is 0 Å². The van der Waals surface area contributed by atoms with Gasteiger partial charge in [0.2, 0.25) is 18.2 Å². The van der Waals surface area contributed by atoms with Gasteiger partial charge in [0, 0.05) is 6.54 Å². The van der Waals surface area contributed by atoms with Crippen LogP contribution >= 0.6 is 0 Å². The predicted molar refractivity (Wildman–Crippen MR) is 100.0 cm³/mol. The lowest BCUT2D eigenvalue weighted by Gasteiger charge is -2.29. The molecule has 1 aromatic heterocycles. The monoisotopic (exact) mass is 404 g/mol. The van der Waals surface area contributed by atoms with Gasteiger partial charge in [0.1, 0.15) is 17.7 Å². The standard InChI is InChI=1S/C20H25FN4O4/c21-15-3-4-17(22-9-15)23-18(27)16-8-20(5-6-20)11-25(16)19(28)14(7-13-1-2-13)10-24(29)12-26/h3-4,9,12-14,16,29H,1-2,5-8,10-11H2,(H,22,23,27)/t14-,16+/m1/s1. The summed E-state index contributed by atoms with van der Waals surface area (Å²) in [6, 6.07) is 1.95. The molecule has 3 fully saturated rings. The summed E-state index contributed by atoms with van der Waals surface area (Å²) in [4.78, 5) is 42.5. The van der Waals surface area contributed by atoms with Gasteiger partial charge in [-0.1, -0.05) is 12.8 Å². The largest absolute Gasteiger partial charge is 0.330 e. The fraction of sp³-hybridized carbons (Fsp3) is 0.600. The highest BCUT2D eigenvalue weighted by molar-refractivity contribution is 5.97. The van der Waals surface area contributed by atoms with Crippen LogP contribution in [0.15, 0.2) is 18.3 Å². The molecule has 1 aromatic rings. The number of likely N-dealkylation sites (tertiary alicyclic amines) is 1. The number of amides is 3. The maximum atomic E-state index is 13.3. The van der Waals surface area contributed by atoms with Crippen LogP contribution in [0.1, 0.15) is 38.5 Å². The minimum Gasteiger partial charge on any atom is -0.330 e. The molecule has 2 aliphatic carbocycles. The van der Waals surface area contributed by atoms with Crippen LogP contribution < -0.4 is 5.32 Å². The van der Waals surface area contributed by atoms with E-state index in [1.165, 1.54) is 12.1 Å². The lowest BCUT2D eigenvalue weighted by Crippen LogP contribution is -2.47. The summed E-state index contributed by atoms with van der Waals surface area (Å²) in [7, 11) is 0. The summed E-state index contributed by atoms with van der Waals surface area (Å²) in [5.41, 5.74) is -0.0123. The Morgan fingerprint density at radius 2 is 2.17 bits per heavy atom. The van der Waals surface area contributed by atoms with Crippen LogP contribution in [0.25, 0.3) is 0 Å². The number of hydrogen-bond donors (Lipinski definition) is 2. The maximum absolute atomic E-state index is 13.3. The summed E-state index contributed by atoms with van der Waals surface area (Å²) >= 11 is 0. The zero-order valence-corrected chi connectivity index (χ0v) is 16.1. The fourth-order valence-electron chi connectivity index (χ4n) is 4.23. The van der Waals surface area contributed by atoms with E-state index < -0.39 is 17.8 Å². The minimum absolute atomic E-state index is 0.0123. The Bertz CT molecular complexity index is 794. The Labute approximate surface area is 168 Å². The lowest BCUT2D eigenvalue weighted by molar-refractivity contribution is -0.158. The van der Waals surface area contributed by atoms with Crippen molar-refractivity contribution in [2.75, 3.05) is 18.4 Å². The van der Waals surface area contributed by atoms with Gasteiger partial charge in [-0.25, -0.2) is 14.4 Å². The van der Waals surface area contributed by atoms with Crippen LogP contribution in [-0.4, -0.2) is 57.5 Å². The van der Waals surface area contributed by atoms with E-state index in [2.05, 4.69) is 10.3 Å². The van der Waals surface area contributed by atoms with Crippen molar-refractivity contribution in [1.82, 2.24) is 14.9 Å². The second-order valence-corrected chi connectivity index (χ2v) is 8.64. The summed E-state index contributed by atoms with van der Waals surface area (Å²) < 4.78 is 13.1. The van der Waals surface area contributed by atoms with E-state index in [1.54, 1.807) is 4.90 Å². The molecule has 0 bridgehead atoms. The second kappa shape index (κ2) is 7.70. The average molecular weight is 404 g/mol. The molecule has 4 rings (SSSR count). The molecule has 2 saturated carbocycles. The zero-order chi connectivity index (χ0) is 20.6. The molecule has 2 heterocycles. The lowest BCUT2D eigenvalue weighted by atomic mass is 9.99. The van der Waals surface area contributed by atoms with Gasteiger partial charge < -0.3 is 10.2 Å². The summed E-state index contributed by atoms with van der Waals surface area (Å²) in [5, 5.41) is 12.8. The van der Waals surface area contributed by atoms with E-state index in [9.17, 15) is 24.0 Å². The van der Waals surface area contributed by atoms with Gasteiger partial charge in [-0.3, -0.25) is 19.6 Å². The van der Waals surface area contributed by atoms with Crippen LogP contribution in [-0.2, 0) is 14.4 Å². The molecule has 156 valence electrons. The highest BCUT2D eigenvalue weighted by Gasteiger charge is 2.56. The van der Waals surface area contributed by atoms with Crippen molar-refractivity contribution in [3.8, 4) is 0 Å². The number of nitrogens with one attached hydrogen (secondary N) is 1. The zero-order valence-electron chi connectivity index (χ0n) is 16.1. The van der Waals surface area contributed by atoms with Crippen molar-refractivity contribution < 1.29 is 24.0 Å². The predicted octanol–water partition coefficient (Wildman–Crippen LogP) is 1.80. The number of hydroxylamine groups is 2. The minimum atomic E-state index is -0.637. The Morgan fingerprint density at radius 1 is 1.41 bits per heavy atom. The van der Waals surface area contributed by atoms with Crippen molar-refractivity contribution >= 4 is 24.0 Å². The van der Waals surface area contributed by atoms with Gasteiger partial charge >= 0.3 is 0 Å². The van der Waals surface area contributed by atoms with Gasteiger partial charge in [-0.2, -0.15) is 0 Å². The topological polar surface area (TPSA) is 103 Å². The first-order valence-corrected chi connectivity index (χ1v) is 10.0. The van der Waals surface area contributed by atoms with Crippen LogP contribution in [0.5, 0.6) is 0 Å². The Hall–Kier alpha value is -2.55. The average Bonchev–Trinajstić information content (AvgIpc) is 3.61. The fourth-order valence-corrected chi connectivity index (χ4v) is 4.23. The molecule has 9 heteroatoms. The summed E-state index contributed by atoms with van der Waals surface area (Å²) in [5.74, 6) is -0.915. The van der Waals surface area contributed by atoms with E-state index in [0.29, 0.717) is 36.8 Å². The number of hydrogen-bond acceptors (Lipinski definition) is 5. The number of halogens is 1. The van der Waals surface area contributed by atoms with Crippen molar-refractivity contribution in [2.24, 2.45) is 17.3 Å². The Kier molecular flexibility index (Phi) is 5.24. The van der Waals surface area contributed by atoms with Gasteiger partial charge in [0.25, 0.3) is 0 Å². The first-order chi connectivity index (χ1) is 13.9. The maximum Gasteiger partial charge on any atom is 0.248 e. The molecule has 3 aliphatic rings. The Morgan fingerprint density at radius 3 is 2.76 bits per heavy atom. The highest BCUT2D eigenvalue weighted by Crippen LogP contribution is 2.55. The normalized spacial score (nSPS) is 23.0. The van der Waals surface area contributed by atoms with Crippen molar-refractivity contribution in [2.45, 2.75) is 44.6 Å². The second-order valence-electron chi connectivity index (χ2n) is 8.64. The van der Waals surface area contributed by atoms with Crippen LogP contribution in [0, 0.1) is 23.1 Å². The van der Waals surface area contributed by atoms with Crippen LogP contribution in [0.4, 0.5) is 10.2 Å². The van der Waals surface area contributed by atoms with Crippen molar-refractivity contribution in [3.63, 3.8) is 0 Å². The van der Waals surface area contributed by atoms with E-state index in [1.807, 2.05) is 0 Å². The molecule has 2 atom stereocenters. The third-order valence-corrected chi connectivity index (χ3v) is 6.22. The van der Waals surface area contributed by atoms with Gasteiger partial charge in [0.15, 0.2) is 0 Å². The molecule has 0 radical (unpaired) electrons. The first-order valence-electron chi connectivity index (χ1n) is 10.0. The third-order valence-electron chi connectivity index (χ3n) is 6.22. The van der Waals surface area contributed by atoms with Crippen molar-refractivity contribution in [1.29, 1.82) is 0 Å². The summed E-state index contributed by atoms with van der Waals surface area (Å²) in [6.07, 6.45) is 6.53. The van der Waals surface area contributed by atoms with Crippen LogP contribution in [0.2, 0.25) is 0 Å². The number of anilines is 1. The SMILES string of the molecule is O=CN(O)C[C@@H](CC1CC1)C(=O)N1CC2(CC2)C[C@H]1C(=O)Nc1ccc(F)cn1. The number of carbonyl (C=O) groups excluding carboxylic acids is 3. The van der Waals surface area contributed by atoms with E-state index in [-0.39, 0.29) is 29.6 Å². The van der Waals surface area contributed by atoms with Gasteiger partial charge in [-0.05, 0) is 49.1 Å². The molecule has 0 aromatic carbocycles. The molecule has 1 saturated heterocycles. The van der Waals surface area contributed by atoms with Gasteiger partial charge in [-0.15, -0.1) is 0 Å². The molecule has 29 heavy (non-hydrogen) atoms. The summed E-state index contributed by atoms with van der Waals surface area (Å²) in [6.45, 7) is 0.435. The number of aromatic nitrogens is 1. The molecule has 8 nitrogen and oxygen atoms in total. The highest BCUT2D eigenvalue weighted by atomic mass is 19.1. The number of carbonyl (C=O) groups is 3. The van der Waals surface area contributed by atoms with Gasteiger partial charge in [0.05, 0.1) is 18.7 Å². The number of pyridine rings is 1. The molecular formula is C20H25FN4O4. The Balaban J connectivity index is 1.49. The molecule has 1 aliphatic heterocycles. The van der Waals surface area contributed by atoms with E-state index in [0.717, 1.165) is 31.9 Å². The quantitative estimate of drug-likeness (QED) is 0.391. The molecule has 0 unspecified atom stereocenters. The number of rotatable bonds is 8. The van der Waals surface area contributed by atoms with Crippen molar-refractivity contribution in [3.05, 3.63) is 24.1 Å². The first kappa shape index (κ1) is 19.8. The van der Waals surface area contributed by atoms with E-state index >= 15 is 0 Å². The smallest absolute Gasteiger partial charge is 0.248 e.